The van der Waals surface area contributed by atoms with Crippen LogP contribution in [0.3, 0.4) is 0 Å². The Morgan fingerprint density at radius 3 is 2.76 bits per heavy atom. The second-order valence-electron chi connectivity index (χ2n) is 8.00. The van der Waals surface area contributed by atoms with Gasteiger partial charge < -0.3 is 29.0 Å². The fourth-order valence-electron chi connectivity index (χ4n) is 4.75. The predicted molar refractivity (Wildman–Crippen MR) is 122 cm³/mol. The van der Waals surface area contributed by atoms with Gasteiger partial charge in [-0.2, -0.15) is 0 Å². The fourth-order valence-corrected chi connectivity index (χ4v) is 5.03. The quantitative estimate of drug-likeness (QED) is 0.497. The van der Waals surface area contributed by atoms with E-state index in [0.29, 0.717) is 28.7 Å². The van der Waals surface area contributed by atoms with Crippen molar-refractivity contribution in [1.82, 2.24) is 9.55 Å². The maximum atomic E-state index is 13.2. The highest BCUT2D eigenvalue weighted by atomic mass is 32.1. The lowest BCUT2D eigenvalue weighted by atomic mass is 9.87. The Kier molecular flexibility index (Phi) is 5.26. The Morgan fingerprint density at radius 1 is 1.21 bits per heavy atom. The van der Waals surface area contributed by atoms with Crippen molar-refractivity contribution in [2.45, 2.75) is 12.5 Å². The molecule has 2 aliphatic rings. The maximum absolute atomic E-state index is 13.2. The molecule has 172 valence electrons. The van der Waals surface area contributed by atoms with Crippen LogP contribution in [-0.2, 0) is 6.42 Å². The average Bonchev–Trinajstić information content (AvgIpc) is 3.27. The van der Waals surface area contributed by atoms with Crippen molar-refractivity contribution in [2.24, 2.45) is 0 Å². The molecule has 2 aliphatic heterocycles. The molecule has 10 heteroatoms. The molecule has 0 aliphatic carbocycles. The molecule has 0 radical (unpaired) electrons. The average molecular weight is 471 g/mol. The van der Waals surface area contributed by atoms with Gasteiger partial charge in [-0.15, -0.1) is 0 Å². The lowest BCUT2D eigenvalue weighted by Crippen LogP contribution is -3.10. The Labute approximate surface area is 194 Å². The third-order valence-electron chi connectivity index (χ3n) is 6.25. The van der Waals surface area contributed by atoms with Crippen LogP contribution >= 0.6 is 12.2 Å². The van der Waals surface area contributed by atoms with Gasteiger partial charge in [0.1, 0.15) is 11.3 Å². The van der Waals surface area contributed by atoms with Gasteiger partial charge in [0.05, 0.1) is 39.1 Å². The summed E-state index contributed by atoms with van der Waals surface area (Å²) >= 11 is 5.42. The number of hydrogen-bond acceptors (Lipinski definition) is 7. The minimum atomic E-state index is -0.529. The van der Waals surface area contributed by atoms with Crippen LogP contribution in [0.5, 0.6) is 28.9 Å². The smallest absolute Gasteiger partial charge is 0.265 e. The molecule has 0 fully saturated rings. The molecular weight excluding hydrogens is 446 g/mol. The molecule has 2 atom stereocenters. The number of aromatic nitrogens is 2. The minimum absolute atomic E-state index is 0.0667. The highest BCUT2D eigenvalue weighted by molar-refractivity contribution is 7.71. The lowest BCUT2D eigenvalue weighted by molar-refractivity contribution is -0.908. The lowest BCUT2D eigenvalue weighted by Gasteiger charge is -2.33. The second-order valence-corrected chi connectivity index (χ2v) is 8.39. The number of hydrogen-bond donors (Lipinski definition) is 3. The van der Waals surface area contributed by atoms with Gasteiger partial charge in [-0.1, -0.05) is 12.1 Å². The van der Waals surface area contributed by atoms with Crippen molar-refractivity contribution in [3.8, 4) is 34.6 Å². The summed E-state index contributed by atoms with van der Waals surface area (Å²) in [6.45, 7) is 0.843. The number of H-pyrrole nitrogens is 1. The first-order chi connectivity index (χ1) is 16.0. The Hall–Kier alpha value is -3.50. The van der Waals surface area contributed by atoms with E-state index in [9.17, 15) is 9.90 Å². The molecule has 33 heavy (non-hydrogen) atoms. The molecule has 3 aromatic rings. The SMILES string of the molecule is COc1ccccc1-n1c(O)c([C@H]2c3c(cc4c(c3OC)OCO4)CC[NH+]2C)c(=O)[nH]c1=S. The number of benzene rings is 2. The highest BCUT2D eigenvalue weighted by Gasteiger charge is 2.41. The Bertz CT molecular complexity index is 1370. The number of nitrogens with one attached hydrogen (secondary N) is 2. The summed E-state index contributed by atoms with van der Waals surface area (Å²) in [5.74, 6) is 1.89. The van der Waals surface area contributed by atoms with Gasteiger partial charge in [0.2, 0.25) is 18.4 Å². The van der Waals surface area contributed by atoms with Crippen molar-refractivity contribution >= 4 is 12.2 Å². The zero-order chi connectivity index (χ0) is 23.3. The number of fused-ring (bicyclic) bond motifs is 2. The van der Waals surface area contributed by atoms with Crippen molar-refractivity contribution in [3.05, 3.63) is 62.1 Å². The summed E-state index contributed by atoms with van der Waals surface area (Å²) in [5, 5.41) is 11.5. The summed E-state index contributed by atoms with van der Waals surface area (Å²) in [6.07, 6.45) is 0.759. The first kappa shape index (κ1) is 21.4. The van der Waals surface area contributed by atoms with E-state index in [0.717, 1.165) is 29.0 Å². The molecule has 0 amide bonds. The number of nitrogens with zero attached hydrogens (tertiary/aromatic N) is 1. The minimum Gasteiger partial charge on any atom is -0.495 e. The fraction of sp³-hybridized carbons (Fsp3) is 0.304. The number of likely N-dealkylation sites (N-methyl/N-ethyl adjacent to an activating group) is 1. The zero-order valence-corrected chi connectivity index (χ0v) is 19.2. The van der Waals surface area contributed by atoms with Gasteiger partial charge >= 0.3 is 0 Å². The normalized spacial score (nSPS) is 18.6. The number of aromatic amines is 1. The Morgan fingerprint density at radius 2 is 2.00 bits per heavy atom. The third kappa shape index (κ3) is 3.25. The van der Waals surface area contributed by atoms with Crippen molar-refractivity contribution in [1.29, 1.82) is 0 Å². The van der Waals surface area contributed by atoms with E-state index >= 15 is 0 Å². The largest absolute Gasteiger partial charge is 0.495 e. The molecule has 0 saturated heterocycles. The number of para-hydroxylation sites is 2. The molecule has 0 bridgehead atoms. The first-order valence-corrected chi connectivity index (χ1v) is 10.9. The number of rotatable bonds is 4. The summed E-state index contributed by atoms with van der Waals surface area (Å²) in [5.41, 5.74) is 2.02. The molecule has 2 aromatic carbocycles. The van der Waals surface area contributed by atoms with Gasteiger partial charge in [0.15, 0.2) is 22.3 Å². The van der Waals surface area contributed by atoms with Crippen molar-refractivity contribution in [2.75, 3.05) is 34.6 Å². The van der Waals surface area contributed by atoms with Gasteiger partial charge in [-0.3, -0.25) is 14.3 Å². The first-order valence-electron chi connectivity index (χ1n) is 10.5. The van der Waals surface area contributed by atoms with Gasteiger partial charge in [-0.25, -0.2) is 0 Å². The Balaban J connectivity index is 1.80. The third-order valence-corrected chi connectivity index (χ3v) is 6.54. The molecule has 1 unspecified atom stereocenters. The van der Waals surface area contributed by atoms with E-state index in [1.54, 1.807) is 25.3 Å². The van der Waals surface area contributed by atoms with Crippen LogP contribution in [-0.4, -0.2) is 49.3 Å². The summed E-state index contributed by atoms with van der Waals surface area (Å²) in [6, 6.07) is 8.55. The molecule has 0 saturated carbocycles. The van der Waals surface area contributed by atoms with Crippen LogP contribution < -0.4 is 29.4 Å². The van der Waals surface area contributed by atoms with E-state index in [4.69, 9.17) is 31.2 Å². The molecule has 1 aromatic heterocycles. The van der Waals surface area contributed by atoms with Gasteiger partial charge in [0.25, 0.3) is 5.56 Å². The van der Waals surface area contributed by atoms with Crippen LogP contribution in [0, 0.1) is 4.77 Å². The number of ether oxygens (including phenoxy) is 4. The van der Waals surface area contributed by atoms with E-state index in [1.165, 1.54) is 11.7 Å². The number of methoxy groups -OCH3 is 2. The summed E-state index contributed by atoms with van der Waals surface area (Å²) in [7, 11) is 5.07. The van der Waals surface area contributed by atoms with Crippen LogP contribution in [0.2, 0.25) is 0 Å². The van der Waals surface area contributed by atoms with Crippen LogP contribution in [0.15, 0.2) is 35.1 Å². The van der Waals surface area contributed by atoms with Crippen LogP contribution in [0.1, 0.15) is 22.7 Å². The van der Waals surface area contributed by atoms with Gasteiger partial charge in [-0.05, 0) is 36.0 Å². The number of quaternary nitrogens is 1. The topological polar surface area (TPSA) is 99.4 Å². The van der Waals surface area contributed by atoms with E-state index in [2.05, 4.69) is 4.98 Å². The van der Waals surface area contributed by atoms with E-state index < -0.39 is 11.6 Å². The summed E-state index contributed by atoms with van der Waals surface area (Å²) in [4.78, 5) is 17.0. The van der Waals surface area contributed by atoms with E-state index in [1.807, 2.05) is 19.2 Å². The maximum Gasteiger partial charge on any atom is 0.265 e. The number of aromatic hydroxyl groups is 1. The van der Waals surface area contributed by atoms with Crippen LogP contribution in [0.25, 0.3) is 5.69 Å². The zero-order valence-electron chi connectivity index (χ0n) is 18.4. The van der Waals surface area contributed by atoms with Crippen molar-refractivity contribution in [3.63, 3.8) is 0 Å². The van der Waals surface area contributed by atoms with Crippen molar-refractivity contribution < 1.29 is 29.0 Å². The molecule has 9 nitrogen and oxygen atoms in total. The van der Waals surface area contributed by atoms with Gasteiger partial charge in [0, 0.05) is 6.42 Å². The monoisotopic (exact) mass is 470 g/mol. The van der Waals surface area contributed by atoms with Crippen LogP contribution in [0.4, 0.5) is 0 Å². The standard InChI is InChI=1S/C23H23N3O6S/c1-25-9-8-12-10-15-19(32-11-31-15)20(30-3)16(12)18(25)17-21(27)24-23(33)26(22(17)28)13-6-4-5-7-14(13)29-2/h4-7,10,18,28H,8-9,11H2,1-3H3,(H,24,27,33)/p+1/t18-/m1/s1. The molecule has 5 rings (SSSR count). The summed E-state index contributed by atoms with van der Waals surface area (Å²) < 4.78 is 24.0. The predicted octanol–water partition coefficient (Wildman–Crippen LogP) is 1.51. The van der Waals surface area contributed by atoms with E-state index in [-0.39, 0.29) is 23.0 Å². The molecule has 3 N–H and O–H groups in total. The molecule has 0 spiro atoms. The highest BCUT2D eigenvalue weighted by Crippen LogP contribution is 2.48. The second kappa shape index (κ2) is 8.13. The molecule has 3 heterocycles. The molecular formula is C23H24N3O6S+.